The third-order valence-electron chi connectivity index (χ3n) is 4.69. The molecule has 2 fully saturated rings. The van der Waals surface area contributed by atoms with Gasteiger partial charge in [0.2, 0.25) is 0 Å². The van der Waals surface area contributed by atoms with Crippen molar-refractivity contribution >= 4 is 5.82 Å². The molecule has 6 heteroatoms. The van der Waals surface area contributed by atoms with Crippen LogP contribution in [0, 0.1) is 11.6 Å². The maximum Gasteiger partial charge on any atom is 0.293 e. The molecule has 0 bridgehead atoms. The zero-order chi connectivity index (χ0) is 16.0. The second-order valence-corrected chi connectivity index (χ2v) is 6.26. The Morgan fingerprint density at radius 3 is 2.57 bits per heavy atom. The van der Waals surface area contributed by atoms with E-state index < -0.39 is 11.6 Å². The number of hydrogen-bond donors (Lipinski definition) is 0. The normalized spacial score (nSPS) is 21.0. The summed E-state index contributed by atoms with van der Waals surface area (Å²) in [7, 11) is 0. The highest BCUT2D eigenvalue weighted by molar-refractivity contribution is 5.40. The van der Waals surface area contributed by atoms with Crippen molar-refractivity contribution in [3.8, 4) is 0 Å². The molecule has 1 aliphatic heterocycles. The summed E-state index contributed by atoms with van der Waals surface area (Å²) in [6.07, 6.45) is 6.00. The van der Waals surface area contributed by atoms with E-state index in [1.807, 2.05) is 4.90 Å². The van der Waals surface area contributed by atoms with Crippen LogP contribution in [0.15, 0.2) is 35.4 Å². The first kappa shape index (κ1) is 14.4. The van der Waals surface area contributed by atoms with Gasteiger partial charge in [0.1, 0.15) is 11.6 Å². The number of anilines is 1. The molecule has 23 heavy (non-hydrogen) atoms. The van der Waals surface area contributed by atoms with Crippen molar-refractivity contribution in [3.05, 3.63) is 58.1 Å². The van der Waals surface area contributed by atoms with Crippen LogP contribution < -0.4 is 10.5 Å². The fourth-order valence-electron chi connectivity index (χ4n) is 3.36. The van der Waals surface area contributed by atoms with Crippen LogP contribution in [0.2, 0.25) is 0 Å². The van der Waals surface area contributed by atoms with Crippen molar-refractivity contribution in [2.24, 2.45) is 0 Å². The van der Waals surface area contributed by atoms with E-state index in [1.54, 1.807) is 17.0 Å². The highest BCUT2D eigenvalue weighted by Gasteiger charge is 2.32. The highest BCUT2D eigenvalue weighted by atomic mass is 19.1. The molecule has 0 spiro atoms. The quantitative estimate of drug-likeness (QED) is 0.874. The van der Waals surface area contributed by atoms with E-state index >= 15 is 0 Å². The molecule has 1 saturated heterocycles. The van der Waals surface area contributed by atoms with Crippen molar-refractivity contribution in [2.45, 2.75) is 31.2 Å². The van der Waals surface area contributed by atoms with Gasteiger partial charge >= 0.3 is 0 Å². The molecule has 4 nitrogen and oxygen atoms in total. The molecule has 2 aromatic rings. The number of rotatable bonds is 3. The van der Waals surface area contributed by atoms with E-state index in [1.165, 1.54) is 18.2 Å². The van der Waals surface area contributed by atoms with Crippen LogP contribution in [0.4, 0.5) is 14.6 Å². The van der Waals surface area contributed by atoms with Gasteiger partial charge in [-0.3, -0.25) is 4.79 Å². The Morgan fingerprint density at radius 2 is 1.87 bits per heavy atom. The summed E-state index contributed by atoms with van der Waals surface area (Å²) < 4.78 is 29.6. The van der Waals surface area contributed by atoms with Gasteiger partial charge in [-0.15, -0.1) is 0 Å². The molecule has 0 N–H and O–H groups in total. The first-order chi connectivity index (χ1) is 11.1. The van der Waals surface area contributed by atoms with Gasteiger partial charge in [0, 0.05) is 43.0 Å². The molecule has 1 saturated carbocycles. The summed E-state index contributed by atoms with van der Waals surface area (Å²) >= 11 is 0. The summed E-state index contributed by atoms with van der Waals surface area (Å²) in [6, 6.07) is 4.21. The lowest BCUT2D eigenvalue weighted by atomic mass is 9.97. The van der Waals surface area contributed by atoms with Crippen molar-refractivity contribution < 1.29 is 8.78 Å². The Kier molecular flexibility index (Phi) is 3.39. The molecular weight excluding hydrogens is 300 g/mol. The Hall–Kier alpha value is -2.24. The molecule has 1 aromatic heterocycles. The van der Waals surface area contributed by atoms with Gasteiger partial charge < -0.3 is 9.47 Å². The minimum Gasteiger partial charge on any atom is -0.351 e. The molecule has 1 aromatic carbocycles. The summed E-state index contributed by atoms with van der Waals surface area (Å²) in [5.41, 5.74) is 0.0121. The van der Waals surface area contributed by atoms with Crippen LogP contribution in [-0.4, -0.2) is 22.6 Å². The number of aromatic nitrogens is 2. The van der Waals surface area contributed by atoms with E-state index in [0.717, 1.165) is 12.8 Å². The Labute approximate surface area is 132 Å². The van der Waals surface area contributed by atoms with Crippen molar-refractivity contribution in [2.75, 3.05) is 18.0 Å². The van der Waals surface area contributed by atoms with Crippen LogP contribution in [-0.2, 0) is 0 Å². The van der Waals surface area contributed by atoms with Crippen molar-refractivity contribution in [1.82, 2.24) is 9.55 Å². The number of halogens is 2. The van der Waals surface area contributed by atoms with Crippen LogP contribution in [0.3, 0.4) is 0 Å². The van der Waals surface area contributed by atoms with Gasteiger partial charge in [-0.1, -0.05) is 6.07 Å². The van der Waals surface area contributed by atoms with Gasteiger partial charge in [-0.2, -0.15) is 0 Å². The van der Waals surface area contributed by atoms with Crippen LogP contribution in [0.1, 0.15) is 36.8 Å². The predicted octanol–water partition coefficient (Wildman–Crippen LogP) is 2.85. The topological polar surface area (TPSA) is 38.1 Å². The maximum atomic E-state index is 13.9. The minimum atomic E-state index is -0.520. The van der Waals surface area contributed by atoms with Crippen LogP contribution in [0.5, 0.6) is 0 Å². The molecule has 4 rings (SSSR count). The van der Waals surface area contributed by atoms with E-state index in [9.17, 15) is 13.6 Å². The first-order valence-electron chi connectivity index (χ1n) is 7.91. The fourth-order valence-corrected chi connectivity index (χ4v) is 3.36. The highest BCUT2D eigenvalue weighted by Crippen LogP contribution is 2.35. The summed E-state index contributed by atoms with van der Waals surface area (Å²) in [6.45, 7) is 0.990. The fraction of sp³-hybridized carbons (Fsp3) is 0.412. The average Bonchev–Trinajstić information content (AvgIpc) is 3.26. The van der Waals surface area contributed by atoms with Gasteiger partial charge in [0.05, 0.1) is 0 Å². The first-order valence-corrected chi connectivity index (χ1v) is 7.91. The van der Waals surface area contributed by atoms with E-state index in [2.05, 4.69) is 4.98 Å². The smallest absolute Gasteiger partial charge is 0.293 e. The van der Waals surface area contributed by atoms with Crippen LogP contribution >= 0.6 is 0 Å². The number of hydrogen-bond acceptors (Lipinski definition) is 3. The molecule has 1 unspecified atom stereocenters. The molecule has 0 amide bonds. The molecule has 2 heterocycles. The summed E-state index contributed by atoms with van der Waals surface area (Å²) in [5, 5.41) is 0. The molecule has 1 atom stereocenters. The van der Waals surface area contributed by atoms with E-state index in [0.29, 0.717) is 25.3 Å². The van der Waals surface area contributed by atoms with Crippen molar-refractivity contribution in [1.29, 1.82) is 0 Å². The molecular formula is C17H17F2N3O. The largest absolute Gasteiger partial charge is 0.351 e. The van der Waals surface area contributed by atoms with Gasteiger partial charge in [0.25, 0.3) is 5.56 Å². The monoisotopic (exact) mass is 317 g/mol. The number of nitrogens with zero attached hydrogens (tertiary/aromatic N) is 3. The zero-order valence-electron chi connectivity index (χ0n) is 12.6. The second kappa shape index (κ2) is 5.44. The molecule has 120 valence electrons. The second-order valence-electron chi connectivity index (χ2n) is 6.26. The summed E-state index contributed by atoms with van der Waals surface area (Å²) in [5.74, 6) is -0.910. The lowest BCUT2D eigenvalue weighted by Gasteiger charge is -2.18. The van der Waals surface area contributed by atoms with Crippen molar-refractivity contribution in [3.63, 3.8) is 0 Å². The van der Waals surface area contributed by atoms with Gasteiger partial charge in [-0.05, 0) is 31.4 Å². The molecule has 0 radical (unpaired) electrons. The minimum absolute atomic E-state index is 0.107. The predicted molar refractivity (Wildman–Crippen MR) is 82.7 cm³/mol. The Balaban J connectivity index is 1.62. The Bertz CT molecular complexity index is 780. The summed E-state index contributed by atoms with van der Waals surface area (Å²) in [4.78, 5) is 18.6. The lowest BCUT2D eigenvalue weighted by Crippen LogP contribution is -2.31. The SMILES string of the molecule is O=c1c(N2CCC(c3c(F)cccc3F)C2)nccn1C1CC1. The average molecular weight is 317 g/mol. The lowest BCUT2D eigenvalue weighted by molar-refractivity contribution is 0.533. The molecule has 1 aliphatic carbocycles. The number of benzene rings is 1. The van der Waals surface area contributed by atoms with Gasteiger partial charge in [0.15, 0.2) is 5.82 Å². The third-order valence-corrected chi connectivity index (χ3v) is 4.69. The van der Waals surface area contributed by atoms with E-state index in [-0.39, 0.29) is 23.1 Å². The van der Waals surface area contributed by atoms with E-state index in [4.69, 9.17) is 0 Å². The Morgan fingerprint density at radius 1 is 1.13 bits per heavy atom. The van der Waals surface area contributed by atoms with Gasteiger partial charge in [-0.25, -0.2) is 13.8 Å². The standard InChI is InChI=1S/C17H17F2N3O/c18-13-2-1-3-14(19)15(13)11-6-8-21(10-11)16-17(23)22(9-7-20-16)12-4-5-12/h1-3,7,9,11-12H,4-6,8,10H2. The third kappa shape index (κ3) is 2.52. The zero-order valence-corrected chi connectivity index (χ0v) is 12.6. The maximum absolute atomic E-state index is 13.9. The molecule has 2 aliphatic rings. The van der Waals surface area contributed by atoms with Crippen LogP contribution in [0.25, 0.3) is 0 Å².